The predicted octanol–water partition coefficient (Wildman–Crippen LogP) is 22.0. The lowest BCUT2D eigenvalue weighted by atomic mass is 10.0. The lowest BCUT2D eigenvalue weighted by molar-refractivity contribution is -0.161. The summed E-state index contributed by atoms with van der Waals surface area (Å²) in [4.78, 5) is 35.3. The molecular formula is C71H126NO8P. The lowest BCUT2D eigenvalue weighted by Crippen LogP contribution is -2.29. The van der Waals surface area contributed by atoms with Crippen LogP contribution in [0, 0.1) is 0 Å². The second kappa shape index (κ2) is 66.1. The Labute approximate surface area is 499 Å². The smallest absolute Gasteiger partial charge is 0.462 e. The second-order valence-electron chi connectivity index (χ2n) is 22.3. The van der Waals surface area contributed by atoms with Gasteiger partial charge in [0.2, 0.25) is 0 Å². The fourth-order valence-electron chi connectivity index (χ4n) is 9.56. The number of hydrogen-bond acceptors (Lipinski definition) is 8. The summed E-state index contributed by atoms with van der Waals surface area (Å²) < 4.78 is 33.1. The molecule has 2 unspecified atom stereocenters. The molecule has 0 saturated carbocycles. The van der Waals surface area contributed by atoms with Crippen molar-refractivity contribution >= 4 is 19.8 Å². The average Bonchev–Trinajstić information content (AvgIpc) is 3.46. The van der Waals surface area contributed by atoms with Crippen LogP contribution in [0.3, 0.4) is 0 Å². The third-order valence-electron chi connectivity index (χ3n) is 14.5. The first kappa shape index (κ1) is 77.9. The minimum absolute atomic E-state index is 0.0511. The number of ether oxygens (including phenoxy) is 2. The molecule has 0 rings (SSSR count). The van der Waals surface area contributed by atoms with E-state index in [1.165, 1.54) is 180 Å². The molecule has 0 radical (unpaired) electrons. The summed E-state index contributed by atoms with van der Waals surface area (Å²) in [5.74, 6) is -0.823. The summed E-state index contributed by atoms with van der Waals surface area (Å²) in [6.07, 6.45) is 89.3. The molecule has 0 amide bonds. The number of allylic oxidation sites excluding steroid dienone is 16. The largest absolute Gasteiger partial charge is 0.472 e. The Balaban J connectivity index is 3.83. The molecule has 0 saturated heterocycles. The van der Waals surface area contributed by atoms with Crippen molar-refractivity contribution in [2.45, 2.75) is 315 Å². The molecule has 0 aliphatic carbocycles. The number of carbonyl (C=O) groups is 2. The van der Waals surface area contributed by atoms with E-state index in [1.807, 2.05) is 0 Å². The molecule has 468 valence electrons. The van der Waals surface area contributed by atoms with Crippen molar-refractivity contribution in [2.24, 2.45) is 5.73 Å². The van der Waals surface area contributed by atoms with E-state index >= 15 is 0 Å². The van der Waals surface area contributed by atoms with E-state index in [4.69, 9.17) is 24.3 Å². The SMILES string of the molecule is CC/C=C\C/C=C\C/C=C\C/C=C\CCCCCCCCCCCCCCCCCCCCCCCCCCC(=O)OC(COC(=O)CCCCCCCCCCCC/C=C\C/C=C\C/C=C\C/C=C\CC)COP(=O)(O)OCCN. The van der Waals surface area contributed by atoms with Gasteiger partial charge in [0.15, 0.2) is 6.10 Å². The third-order valence-corrected chi connectivity index (χ3v) is 15.4. The van der Waals surface area contributed by atoms with Crippen LogP contribution >= 0.6 is 7.82 Å². The van der Waals surface area contributed by atoms with E-state index in [9.17, 15) is 19.0 Å². The standard InChI is InChI=1S/C71H126NO8P/c1-3-5-7-9-11-13-15-17-19-21-23-25-27-28-29-30-31-32-33-34-35-36-37-38-39-40-42-44-46-48-50-52-54-56-58-60-62-64-71(74)80-69(68-79-81(75,76)78-66-65-72)67-77-70(73)63-61-59-57-55-53-51-49-47-45-43-41-26-24-22-20-18-16-14-12-10-8-6-4-2/h5-8,11-14,17-20,23-26,69H,3-4,9-10,15-16,21-22,27-68,72H2,1-2H3,(H,75,76)/b7-5-,8-6-,13-11-,14-12-,19-17-,20-18-,25-23-,26-24-. The first-order valence-electron chi connectivity index (χ1n) is 33.7. The number of nitrogens with two attached hydrogens (primary N) is 1. The van der Waals surface area contributed by atoms with Crippen molar-refractivity contribution in [2.75, 3.05) is 26.4 Å². The molecule has 0 spiro atoms. The zero-order valence-electron chi connectivity index (χ0n) is 52.5. The highest BCUT2D eigenvalue weighted by Gasteiger charge is 2.26. The molecule has 10 heteroatoms. The van der Waals surface area contributed by atoms with Gasteiger partial charge in [-0.2, -0.15) is 0 Å². The zero-order chi connectivity index (χ0) is 58.7. The van der Waals surface area contributed by atoms with Gasteiger partial charge in [-0.3, -0.25) is 18.6 Å². The quantitative estimate of drug-likeness (QED) is 0.0264. The van der Waals surface area contributed by atoms with Crippen LogP contribution in [-0.4, -0.2) is 49.3 Å². The maximum absolute atomic E-state index is 12.8. The first-order chi connectivity index (χ1) is 39.8. The minimum Gasteiger partial charge on any atom is -0.462 e. The van der Waals surface area contributed by atoms with Gasteiger partial charge in [0.1, 0.15) is 6.61 Å². The Kier molecular flexibility index (Phi) is 63.6. The number of unbranched alkanes of at least 4 members (excludes halogenated alkanes) is 34. The Morgan fingerprint density at radius 3 is 0.951 bits per heavy atom. The van der Waals surface area contributed by atoms with Crippen LogP contribution in [0.2, 0.25) is 0 Å². The Hall–Kier alpha value is -3.07. The molecule has 0 aromatic carbocycles. The van der Waals surface area contributed by atoms with E-state index < -0.39 is 26.5 Å². The summed E-state index contributed by atoms with van der Waals surface area (Å²) in [6, 6.07) is 0. The summed E-state index contributed by atoms with van der Waals surface area (Å²) in [5.41, 5.74) is 5.40. The molecule has 3 N–H and O–H groups in total. The van der Waals surface area contributed by atoms with E-state index in [0.717, 1.165) is 96.3 Å². The van der Waals surface area contributed by atoms with Crippen LogP contribution in [0.5, 0.6) is 0 Å². The number of rotatable bonds is 63. The van der Waals surface area contributed by atoms with Crippen molar-refractivity contribution in [1.82, 2.24) is 0 Å². The third kappa shape index (κ3) is 65.9. The maximum Gasteiger partial charge on any atom is 0.472 e. The molecule has 2 atom stereocenters. The molecule has 0 aliphatic heterocycles. The van der Waals surface area contributed by atoms with E-state index in [0.29, 0.717) is 6.42 Å². The van der Waals surface area contributed by atoms with Crippen molar-refractivity contribution in [3.05, 3.63) is 97.2 Å². The predicted molar refractivity (Wildman–Crippen MR) is 348 cm³/mol. The van der Waals surface area contributed by atoms with Gasteiger partial charge < -0.3 is 20.1 Å². The molecule has 81 heavy (non-hydrogen) atoms. The Bertz CT molecular complexity index is 1650. The van der Waals surface area contributed by atoms with Crippen LogP contribution in [-0.2, 0) is 32.7 Å². The fraction of sp³-hybridized carbons (Fsp3) is 0.746. The van der Waals surface area contributed by atoms with E-state index in [2.05, 4.69) is 111 Å². The van der Waals surface area contributed by atoms with Gasteiger partial charge in [0, 0.05) is 19.4 Å². The topological polar surface area (TPSA) is 134 Å². The first-order valence-corrected chi connectivity index (χ1v) is 35.2. The Morgan fingerprint density at radius 1 is 0.370 bits per heavy atom. The summed E-state index contributed by atoms with van der Waals surface area (Å²) >= 11 is 0. The number of hydrogen-bond donors (Lipinski definition) is 2. The van der Waals surface area contributed by atoms with Crippen molar-refractivity contribution < 1.29 is 37.6 Å². The van der Waals surface area contributed by atoms with Gasteiger partial charge in [-0.05, 0) is 89.9 Å². The number of phosphoric acid groups is 1. The van der Waals surface area contributed by atoms with Gasteiger partial charge in [-0.15, -0.1) is 0 Å². The highest BCUT2D eigenvalue weighted by Crippen LogP contribution is 2.43. The highest BCUT2D eigenvalue weighted by molar-refractivity contribution is 7.47. The number of esters is 2. The number of phosphoric ester groups is 1. The van der Waals surface area contributed by atoms with Crippen molar-refractivity contribution in [1.29, 1.82) is 0 Å². The molecule has 9 nitrogen and oxygen atoms in total. The van der Waals surface area contributed by atoms with Crippen LogP contribution < -0.4 is 5.73 Å². The van der Waals surface area contributed by atoms with E-state index in [-0.39, 0.29) is 38.6 Å². The normalized spacial score (nSPS) is 13.6. The van der Waals surface area contributed by atoms with Gasteiger partial charge in [-0.1, -0.05) is 304 Å². The lowest BCUT2D eigenvalue weighted by Gasteiger charge is -2.19. The zero-order valence-corrected chi connectivity index (χ0v) is 53.4. The molecule has 0 aliphatic rings. The van der Waals surface area contributed by atoms with Crippen LogP contribution in [0.15, 0.2) is 97.2 Å². The second-order valence-corrected chi connectivity index (χ2v) is 23.7. The van der Waals surface area contributed by atoms with Crippen LogP contribution in [0.1, 0.15) is 309 Å². The summed E-state index contributed by atoms with van der Waals surface area (Å²) in [6.45, 7) is 3.55. The molecule has 0 fully saturated rings. The molecule has 0 bridgehead atoms. The minimum atomic E-state index is -4.40. The van der Waals surface area contributed by atoms with Crippen molar-refractivity contribution in [3.8, 4) is 0 Å². The van der Waals surface area contributed by atoms with Gasteiger partial charge in [-0.25, -0.2) is 4.57 Å². The summed E-state index contributed by atoms with van der Waals surface area (Å²) in [7, 11) is -4.40. The molecule has 0 aromatic rings. The number of carbonyl (C=O) groups excluding carboxylic acids is 2. The van der Waals surface area contributed by atoms with Crippen LogP contribution in [0.25, 0.3) is 0 Å². The molecule has 0 aromatic heterocycles. The Morgan fingerprint density at radius 2 is 0.642 bits per heavy atom. The fourth-order valence-corrected chi connectivity index (χ4v) is 10.3. The van der Waals surface area contributed by atoms with Gasteiger partial charge in [0.25, 0.3) is 0 Å². The highest BCUT2D eigenvalue weighted by atomic mass is 31.2. The maximum atomic E-state index is 12.8. The van der Waals surface area contributed by atoms with Crippen molar-refractivity contribution in [3.63, 3.8) is 0 Å². The van der Waals surface area contributed by atoms with Gasteiger partial charge in [0.05, 0.1) is 13.2 Å². The van der Waals surface area contributed by atoms with Crippen LogP contribution in [0.4, 0.5) is 0 Å². The van der Waals surface area contributed by atoms with Gasteiger partial charge >= 0.3 is 19.8 Å². The monoisotopic (exact) mass is 1150 g/mol. The summed E-state index contributed by atoms with van der Waals surface area (Å²) in [5, 5.41) is 0. The average molecular weight is 1150 g/mol. The molecule has 0 heterocycles. The van der Waals surface area contributed by atoms with E-state index in [1.54, 1.807) is 0 Å². The molecular weight excluding hydrogens is 1030 g/mol.